The lowest BCUT2D eigenvalue weighted by Gasteiger charge is -1.97. The van der Waals surface area contributed by atoms with Crippen molar-refractivity contribution < 1.29 is 0 Å². The molecule has 1 heterocycles. The van der Waals surface area contributed by atoms with Gasteiger partial charge in [-0.15, -0.1) is 5.10 Å². The van der Waals surface area contributed by atoms with E-state index in [1.54, 1.807) is 6.20 Å². The monoisotopic (exact) mass is 135 g/mol. The summed E-state index contributed by atoms with van der Waals surface area (Å²) in [4.78, 5) is 0. The first-order valence-electron chi connectivity index (χ1n) is 3.45. The molecule has 0 bridgehead atoms. The molecule has 0 radical (unpaired) electrons. The predicted octanol–water partition coefficient (Wildman–Crippen LogP) is 0.936. The third-order valence-corrected chi connectivity index (χ3v) is 1.80. The Morgan fingerprint density at radius 3 is 2.90 bits per heavy atom. The van der Waals surface area contributed by atoms with Crippen LogP contribution in [0.15, 0.2) is 12.3 Å². The summed E-state index contributed by atoms with van der Waals surface area (Å²) in [5, 5.41) is 7.45. The van der Waals surface area contributed by atoms with Crippen LogP contribution >= 0.6 is 0 Å². The Morgan fingerprint density at radius 1 is 1.50 bits per heavy atom. The van der Waals surface area contributed by atoms with E-state index in [2.05, 4.69) is 10.2 Å². The maximum Gasteiger partial charge on any atom is 0.149 e. The van der Waals surface area contributed by atoms with E-state index in [9.17, 15) is 0 Å². The second kappa shape index (κ2) is 1.94. The van der Waals surface area contributed by atoms with Crippen LogP contribution in [0.25, 0.3) is 0 Å². The van der Waals surface area contributed by atoms with E-state index in [-0.39, 0.29) is 0 Å². The summed E-state index contributed by atoms with van der Waals surface area (Å²) >= 11 is 0. The average molecular weight is 135 g/mol. The number of anilines is 1. The molecular formula is C7H9N3. The minimum atomic E-state index is 0.602. The lowest BCUT2D eigenvalue weighted by atomic mass is 10.2. The zero-order chi connectivity index (χ0) is 6.97. The van der Waals surface area contributed by atoms with Gasteiger partial charge in [-0.3, -0.25) is 0 Å². The minimum Gasteiger partial charge on any atom is -0.382 e. The highest BCUT2D eigenvalue weighted by molar-refractivity contribution is 5.41. The van der Waals surface area contributed by atoms with Crippen molar-refractivity contribution >= 4 is 5.82 Å². The van der Waals surface area contributed by atoms with Crippen LogP contribution in [-0.2, 0) is 0 Å². The van der Waals surface area contributed by atoms with E-state index in [0.717, 1.165) is 0 Å². The second-order valence-corrected chi connectivity index (χ2v) is 2.65. The fraction of sp³-hybridized carbons (Fsp3) is 0.429. The minimum absolute atomic E-state index is 0.602. The highest BCUT2D eigenvalue weighted by Crippen LogP contribution is 2.41. The Bertz CT molecular complexity index is 242. The normalized spacial score (nSPS) is 17.2. The SMILES string of the molecule is Nc1nnccc1C1CC1. The molecule has 3 nitrogen and oxygen atoms in total. The summed E-state index contributed by atoms with van der Waals surface area (Å²) in [7, 11) is 0. The van der Waals surface area contributed by atoms with Crippen molar-refractivity contribution in [2.45, 2.75) is 18.8 Å². The molecule has 3 heteroatoms. The molecule has 10 heavy (non-hydrogen) atoms. The summed E-state index contributed by atoms with van der Waals surface area (Å²) in [6, 6.07) is 1.96. The van der Waals surface area contributed by atoms with Gasteiger partial charge >= 0.3 is 0 Å². The third kappa shape index (κ3) is 0.835. The van der Waals surface area contributed by atoms with E-state index in [1.165, 1.54) is 18.4 Å². The zero-order valence-electron chi connectivity index (χ0n) is 5.62. The Labute approximate surface area is 59.3 Å². The van der Waals surface area contributed by atoms with Gasteiger partial charge in [-0.25, -0.2) is 0 Å². The van der Waals surface area contributed by atoms with Crippen LogP contribution in [0.1, 0.15) is 24.3 Å². The molecule has 2 N–H and O–H groups in total. The fourth-order valence-corrected chi connectivity index (χ4v) is 1.09. The molecule has 1 fully saturated rings. The lowest BCUT2D eigenvalue weighted by molar-refractivity contribution is 0.991. The molecule has 1 aromatic heterocycles. The van der Waals surface area contributed by atoms with Crippen molar-refractivity contribution in [2.24, 2.45) is 0 Å². The summed E-state index contributed by atoms with van der Waals surface area (Å²) in [6.07, 6.45) is 4.22. The van der Waals surface area contributed by atoms with E-state index in [1.807, 2.05) is 6.07 Å². The molecule has 0 saturated heterocycles. The Morgan fingerprint density at radius 2 is 2.30 bits per heavy atom. The topological polar surface area (TPSA) is 51.8 Å². The molecule has 1 saturated carbocycles. The molecule has 2 rings (SSSR count). The van der Waals surface area contributed by atoms with Crippen molar-refractivity contribution in [2.75, 3.05) is 5.73 Å². The molecule has 1 aliphatic rings. The third-order valence-electron chi connectivity index (χ3n) is 1.80. The molecule has 1 aliphatic carbocycles. The first kappa shape index (κ1) is 5.65. The van der Waals surface area contributed by atoms with Crippen LogP contribution in [0.2, 0.25) is 0 Å². The maximum absolute atomic E-state index is 5.59. The Kier molecular flexibility index (Phi) is 1.09. The van der Waals surface area contributed by atoms with Gasteiger partial charge in [-0.2, -0.15) is 5.10 Å². The predicted molar refractivity (Wildman–Crippen MR) is 38.4 cm³/mol. The van der Waals surface area contributed by atoms with Crippen molar-refractivity contribution in [3.05, 3.63) is 17.8 Å². The summed E-state index contributed by atoms with van der Waals surface area (Å²) in [6.45, 7) is 0. The number of aromatic nitrogens is 2. The summed E-state index contributed by atoms with van der Waals surface area (Å²) in [5.41, 5.74) is 6.76. The fourth-order valence-electron chi connectivity index (χ4n) is 1.09. The van der Waals surface area contributed by atoms with E-state index in [0.29, 0.717) is 11.7 Å². The van der Waals surface area contributed by atoms with Crippen LogP contribution in [0.3, 0.4) is 0 Å². The lowest BCUT2D eigenvalue weighted by Crippen LogP contribution is -1.96. The number of nitrogens with two attached hydrogens (primary N) is 1. The molecule has 52 valence electrons. The smallest absolute Gasteiger partial charge is 0.149 e. The molecule has 0 amide bonds. The van der Waals surface area contributed by atoms with Crippen LogP contribution in [0, 0.1) is 0 Å². The summed E-state index contributed by atoms with van der Waals surface area (Å²) in [5.74, 6) is 1.28. The molecule has 0 aromatic carbocycles. The number of nitrogens with zero attached hydrogens (tertiary/aromatic N) is 2. The van der Waals surface area contributed by atoms with Crippen molar-refractivity contribution in [1.29, 1.82) is 0 Å². The van der Waals surface area contributed by atoms with Crippen molar-refractivity contribution in [3.63, 3.8) is 0 Å². The molecule has 0 unspecified atom stereocenters. The van der Waals surface area contributed by atoms with Gasteiger partial charge in [0.15, 0.2) is 0 Å². The number of hydrogen-bond acceptors (Lipinski definition) is 3. The molecule has 0 aliphatic heterocycles. The van der Waals surface area contributed by atoms with Crippen LogP contribution in [-0.4, -0.2) is 10.2 Å². The number of hydrogen-bond donors (Lipinski definition) is 1. The highest BCUT2D eigenvalue weighted by Gasteiger charge is 2.25. The van der Waals surface area contributed by atoms with Gasteiger partial charge < -0.3 is 5.73 Å². The molecule has 0 atom stereocenters. The standard InChI is InChI=1S/C7H9N3/c8-7-6(5-1-2-5)3-4-9-10-7/h3-5H,1-2H2,(H2,8,10). The Balaban J connectivity index is 2.39. The first-order chi connectivity index (χ1) is 4.88. The number of nitrogen functional groups attached to an aromatic ring is 1. The Hall–Kier alpha value is -1.12. The van der Waals surface area contributed by atoms with Gasteiger partial charge in [-0.05, 0) is 24.8 Å². The van der Waals surface area contributed by atoms with Gasteiger partial charge in [0, 0.05) is 5.56 Å². The van der Waals surface area contributed by atoms with E-state index >= 15 is 0 Å². The summed E-state index contributed by atoms with van der Waals surface area (Å²) < 4.78 is 0. The zero-order valence-corrected chi connectivity index (χ0v) is 5.62. The molecular weight excluding hydrogens is 126 g/mol. The molecule has 0 spiro atoms. The van der Waals surface area contributed by atoms with Crippen molar-refractivity contribution in [1.82, 2.24) is 10.2 Å². The highest BCUT2D eigenvalue weighted by atomic mass is 15.1. The van der Waals surface area contributed by atoms with Crippen molar-refractivity contribution in [3.8, 4) is 0 Å². The number of rotatable bonds is 1. The molecule has 1 aromatic rings. The second-order valence-electron chi connectivity index (χ2n) is 2.65. The largest absolute Gasteiger partial charge is 0.382 e. The van der Waals surface area contributed by atoms with E-state index < -0.39 is 0 Å². The first-order valence-corrected chi connectivity index (χ1v) is 3.45. The van der Waals surface area contributed by atoms with E-state index in [4.69, 9.17) is 5.73 Å². The van der Waals surface area contributed by atoms with Gasteiger partial charge in [0.1, 0.15) is 5.82 Å². The maximum atomic E-state index is 5.59. The van der Waals surface area contributed by atoms with Gasteiger partial charge in [0.05, 0.1) is 6.20 Å². The quantitative estimate of drug-likeness (QED) is 0.623. The van der Waals surface area contributed by atoms with Crippen LogP contribution in [0.4, 0.5) is 5.82 Å². The average Bonchev–Trinajstić information content (AvgIpc) is 2.71. The van der Waals surface area contributed by atoms with Crippen LogP contribution < -0.4 is 5.73 Å². The van der Waals surface area contributed by atoms with Gasteiger partial charge in [0.2, 0.25) is 0 Å². The van der Waals surface area contributed by atoms with Crippen LogP contribution in [0.5, 0.6) is 0 Å². The van der Waals surface area contributed by atoms with Gasteiger partial charge in [-0.1, -0.05) is 0 Å². The van der Waals surface area contributed by atoms with Gasteiger partial charge in [0.25, 0.3) is 0 Å².